The average molecular weight is 331 g/mol. The number of benzene rings is 1. The van der Waals surface area contributed by atoms with Crippen molar-refractivity contribution in [2.45, 2.75) is 43.8 Å². The van der Waals surface area contributed by atoms with Gasteiger partial charge >= 0.3 is 0 Å². The number of amides is 1. The van der Waals surface area contributed by atoms with E-state index >= 15 is 0 Å². The minimum atomic E-state index is -1.64. The van der Waals surface area contributed by atoms with Crippen molar-refractivity contribution < 1.29 is 24.1 Å². The monoisotopic (exact) mass is 331 g/mol. The van der Waals surface area contributed by atoms with Crippen LogP contribution in [-0.2, 0) is 14.3 Å². The van der Waals surface area contributed by atoms with Crippen LogP contribution in [0.1, 0.15) is 20.3 Å². The van der Waals surface area contributed by atoms with Crippen molar-refractivity contribution in [2.75, 3.05) is 18.6 Å². The lowest BCUT2D eigenvalue weighted by Gasteiger charge is -2.54. The van der Waals surface area contributed by atoms with Gasteiger partial charge in [-0.25, -0.2) is 0 Å². The second kappa shape index (κ2) is 5.78. The highest BCUT2D eigenvalue weighted by Crippen LogP contribution is 2.43. The van der Waals surface area contributed by atoms with Crippen molar-refractivity contribution in [1.29, 1.82) is 0 Å². The number of ether oxygens (including phenoxy) is 3. The summed E-state index contributed by atoms with van der Waals surface area (Å²) >= 11 is 0. The van der Waals surface area contributed by atoms with Crippen molar-refractivity contribution in [3.8, 4) is 18.1 Å². The zero-order valence-electron chi connectivity index (χ0n) is 14.0. The van der Waals surface area contributed by atoms with Gasteiger partial charge in [0.05, 0.1) is 13.7 Å². The number of aliphatic hydroxyl groups is 1. The molecule has 6 nitrogen and oxygen atoms in total. The predicted octanol–water partition coefficient (Wildman–Crippen LogP) is 1.32. The molecule has 24 heavy (non-hydrogen) atoms. The second-order valence-corrected chi connectivity index (χ2v) is 6.49. The van der Waals surface area contributed by atoms with Crippen molar-refractivity contribution in [2.24, 2.45) is 0 Å². The van der Waals surface area contributed by atoms with Gasteiger partial charge in [0.2, 0.25) is 0 Å². The smallest absolute Gasteiger partial charge is 0.262 e. The first-order chi connectivity index (χ1) is 11.3. The highest BCUT2D eigenvalue weighted by Gasteiger charge is 2.64. The fourth-order valence-electron chi connectivity index (χ4n) is 3.31. The molecule has 3 rings (SSSR count). The van der Waals surface area contributed by atoms with Crippen LogP contribution in [-0.4, -0.2) is 48.3 Å². The Labute approximate surface area is 141 Å². The van der Waals surface area contributed by atoms with Crippen LogP contribution in [0.2, 0.25) is 0 Å². The molecule has 0 unspecified atom stereocenters. The first-order valence-corrected chi connectivity index (χ1v) is 7.78. The molecule has 1 aromatic carbocycles. The van der Waals surface area contributed by atoms with Crippen LogP contribution in [0.4, 0.5) is 5.69 Å². The lowest BCUT2D eigenvalue weighted by Crippen LogP contribution is -2.78. The van der Waals surface area contributed by atoms with E-state index in [-0.39, 0.29) is 13.0 Å². The van der Waals surface area contributed by atoms with E-state index in [4.69, 9.17) is 20.6 Å². The molecule has 2 heterocycles. The molecule has 128 valence electrons. The minimum Gasteiger partial charge on any atom is -0.497 e. The zero-order valence-corrected chi connectivity index (χ0v) is 14.0. The predicted molar refractivity (Wildman–Crippen MR) is 87.6 cm³/mol. The van der Waals surface area contributed by atoms with Crippen LogP contribution in [0.3, 0.4) is 0 Å². The molecule has 2 saturated heterocycles. The third-order valence-electron chi connectivity index (χ3n) is 4.46. The van der Waals surface area contributed by atoms with Gasteiger partial charge in [-0.05, 0) is 38.1 Å². The molecule has 0 aromatic heterocycles. The number of hydrogen-bond acceptors (Lipinski definition) is 5. The number of hydrogen-bond donors (Lipinski definition) is 1. The topological polar surface area (TPSA) is 68.2 Å². The van der Waals surface area contributed by atoms with E-state index < -0.39 is 29.4 Å². The number of terminal acetylenes is 1. The zero-order chi connectivity index (χ0) is 17.5. The molecule has 0 spiro atoms. The summed E-state index contributed by atoms with van der Waals surface area (Å²) in [6.45, 7) is 3.88. The van der Waals surface area contributed by atoms with Crippen LogP contribution in [0.15, 0.2) is 24.3 Å². The van der Waals surface area contributed by atoms with E-state index in [1.807, 2.05) is 0 Å². The summed E-state index contributed by atoms with van der Waals surface area (Å²) in [4.78, 5) is 14.1. The van der Waals surface area contributed by atoms with Crippen molar-refractivity contribution in [3.63, 3.8) is 0 Å². The molecule has 1 amide bonds. The Balaban J connectivity index is 1.92. The third-order valence-corrected chi connectivity index (χ3v) is 4.46. The van der Waals surface area contributed by atoms with Gasteiger partial charge in [-0.15, -0.1) is 12.3 Å². The van der Waals surface area contributed by atoms with E-state index in [1.165, 1.54) is 4.90 Å². The van der Waals surface area contributed by atoms with Crippen LogP contribution in [0.25, 0.3) is 0 Å². The molecule has 2 aliphatic heterocycles. The largest absolute Gasteiger partial charge is 0.497 e. The summed E-state index contributed by atoms with van der Waals surface area (Å²) in [5, 5.41) is 10.8. The molecule has 0 radical (unpaired) electrons. The van der Waals surface area contributed by atoms with Gasteiger partial charge in [-0.3, -0.25) is 4.79 Å². The van der Waals surface area contributed by atoms with Gasteiger partial charge in [0.15, 0.2) is 11.4 Å². The fraction of sp³-hybridized carbons (Fsp3) is 0.500. The van der Waals surface area contributed by atoms with Crippen molar-refractivity contribution in [3.05, 3.63) is 24.3 Å². The van der Waals surface area contributed by atoms with E-state index in [1.54, 1.807) is 45.2 Å². The van der Waals surface area contributed by atoms with Gasteiger partial charge in [0.1, 0.15) is 17.9 Å². The molecule has 1 N–H and O–H groups in total. The second-order valence-electron chi connectivity index (χ2n) is 6.49. The first-order valence-electron chi connectivity index (χ1n) is 7.78. The quantitative estimate of drug-likeness (QED) is 0.666. The summed E-state index contributed by atoms with van der Waals surface area (Å²) in [5.41, 5.74) is -0.982. The molecule has 1 aromatic rings. The highest BCUT2D eigenvalue weighted by molar-refractivity contribution is 6.08. The molecule has 0 bridgehead atoms. The Morgan fingerprint density at radius 2 is 2.08 bits per heavy atom. The van der Waals surface area contributed by atoms with Crippen LogP contribution >= 0.6 is 0 Å². The maximum atomic E-state index is 12.6. The minimum absolute atomic E-state index is 0.0660. The Morgan fingerprint density at radius 3 is 2.58 bits per heavy atom. The van der Waals surface area contributed by atoms with Gasteiger partial charge in [-0.2, -0.15) is 0 Å². The van der Waals surface area contributed by atoms with Gasteiger partial charge in [0.25, 0.3) is 5.91 Å². The molecular weight excluding hydrogens is 310 g/mol. The number of β-lactam (4-membered cyclic amide) rings is 1. The average Bonchev–Trinajstić information content (AvgIpc) is 2.91. The Hall–Kier alpha value is -2.07. The summed E-state index contributed by atoms with van der Waals surface area (Å²) in [6.07, 6.45) is 4.83. The number of methoxy groups -OCH3 is 1. The molecule has 0 aliphatic carbocycles. The molecular formula is C18H21NO5. The maximum absolute atomic E-state index is 12.6. The van der Waals surface area contributed by atoms with E-state index in [9.17, 15) is 9.90 Å². The summed E-state index contributed by atoms with van der Waals surface area (Å²) in [5.74, 6) is 1.89. The van der Waals surface area contributed by atoms with E-state index in [0.29, 0.717) is 11.4 Å². The molecule has 2 aliphatic rings. The van der Waals surface area contributed by atoms with Crippen LogP contribution in [0, 0.1) is 12.3 Å². The highest BCUT2D eigenvalue weighted by atomic mass is 16.7. The number of nitrogens with zero attached hydrogens (tertiary/aromatic N) is 1. The molecule has 6 heteroatoms. The molecule has 3 atom stereocenters. The summed E-state index contributed by atoms with van der Waals surface area (Å²) in [7, 11) is 1.57. The SMILES string of the molecule is C#CC[C@]1(O)C(=O)N(c2ccc(OC)cc2)[C@H]1[C@H]1COC(C)(C)O1. The van der Waals surface area contributed by atoms with Gasteiger partial charge in [0, 0.05) is 12.1 Å². The van der Waals surface area contributed by atoms with E-state index in [2.05, 4.69) is 5.92 Å². The first kappa shape index (κ1) is 16.8. The van der Waals surface area contributed by atoms with Gasteiger partial charge in [-0.1, -0.05) is 0 Å². The lowest BCUT2D eigenvalue weighted by atomic mass is 9.76. The third kappa shape index (κ3) is 2.55. The maximum Gasteiger partial charge on any atom is 0.262 e. The number of carbonyl (C=O) groups is 1. The lowest BCUT2D eigenvalue weighted by molar-refractivity contribution is -0.173. The fourth-order valence-corrected chi connectivity index (χ4v) is 3.31. The molecule has 2 fully saturated rings. The van der Waals surface area contributed by atoms with Crippen LogP contribution < -0.4 is 9.64 Å². The van der Waals surface area contributed by atoms with E-state index in [0.717, 1.165) is 0 Å². The van der Waals surface area contributed by atoms with Gasteiger partial charge < -0.3 is 24.2 Å². The number of anilines is 1. The van der Waals surface area contributed by atoms with Crippen LogP contribution in [0.5, 0.6) is 5.75 Å². The van der Waals surface area contributed by atoms with Crippen molar-refractivity contribution in [1.82, 2.24) is 0 Å². The Kier molecular flexibility index (Phi) is 4.04. The standard InChI is InChI=1S/C18H21NO5/c1-5-10-18(21)15(14-11-23-17(2,3)24-14)19(16(18)20)12-6-8-13(22-4)9-7-12/h1,6-9,14-15,21H,10-11H2,2-4H3/t14-,15+,18-/m1/s1. The number of carbonyl (C=O) groups excluding carboxylic acids is 1. The summed E-state index contributed by atoms with van der Waals surface area (Å²) in [6, 6.07) is 6.44. The molecule has 0 saturated carbocycles. The van der Waals surface area contributed by atoms with Crippen molar-refractivity contribution >= 4 is 11.6 Å². The normalized spacial score (nSPS) is 31.5. The Bertz CT molecular complexity index is 678. The summed E-state index contributed by atoms with van der Waals surface area (Å²) < 4.78 is 16.6. The number of rotatable bonds is 4. The Morgan fingerprint density at radius 1 is 1.42 bits per heavy atom.